The summed E-state index contributed by atoms with van der Waals surface area (Å²) >= 11 is 0. The van der Waals surface area contributed by atoms with Crippen molar-refractivity contribution in [2.75, 3.05) is 15.7 Å². The molecular weight excluding hydrogens is 388 g/mol. The van der Waals surface area contributed by atoms with Gasteiger partial charge >= 0.3 is 0 Å². The molecule has 5 rings (SSSR count). The molecule has 2 amide bonds. The zero-order chi connectivity index (χ0) is 20.2. The molecule has 0 aliphatic carbocycles. The Hall–Kier alpha value is -3.45. The van der Waals surface area contributed by atoms with Gasteiger partial charge in [-0.05, 0) is 54.4 Å². The van der Waals surface area contributed by atoms with Crippen LogP contribution in [-0.2, 0) is 16.4 Å². The third-order valence-corrected chi connectivity index (χ3v) is 7.15. The second kappa shape index (κ2) is 6.28. The van der Waals surface area contributed by atoms with E-state index in [-0.39, 0.29) is 4.90 Å². The summed E-state index contributed by atoms with van der Waals surface area (Å²) in [5, 5.41) is 0. The summed E-state index contributed by atoms with van der Waals surface area (Å²) in [5.41, 5.74) is 2.73. The summed E-state index contributed by atoms with van der Waals surface area (Å²) in [5.74, 6) is -0.815. The Balaban J connectivity index is 1.47. The summed E-state index contributed by atoms with van der Waals surface area (Å²) in [6.07, 6.45) is 0.669. The number of imide groups is 1. The van der Waals surface area contributed by atoms with Crippen molar-refractivity contribution in [3.05, 3.63) is 89.5 Å². The van der Waals surface area contributed by atoms with Crippen molar-refractivity contribution >= 4 is 33.2 Å². The van der Waals surface area contributed by atoms with Crippen LogP contribution in [0.1, 0.15) is 26.3 Å². The lowest BCUT2D eigenvalue weighted by Crippen LogP contribution is -2.30. The summed E-state index contributed by atoms with van der Waals surface area (Å²) in [6.45, 7) is 0.391. The third-order valence-electron chi connectivity index (χ3n) is 5.32. The van der Waals surface area contributed by atoms with Crippen molar-refractivity contribution < 1.29 is 18.0 Å². The maximum absolute atomic E-state index is 13.1. The van der Waals surface area contributed by atoms with Gasteiger partial charge in [0.2, 0.25) is 0 Å². The first kappa shape index (κ1) is 17.6. The minimum atomic E-state index is -3.73. The fourth-order valence-corrected chi connectivity index (χ4v) is 5.38. The van der Waals surface area contributed by atoms with Crippen molar-refractivity contribution in [2.24, 2.45) is 0 Å². The Morgan fingerprint density at radius 1 is 0.724 bits per heavy atom. The Kier molecular flexibility index (Phi) is 3.82. The van der Waals surface area contributed by atoms with Gasteiger partial charge in [-0.25, -0.2) is 13.3 Å². The first-order chi connectivity index (χ1) is 14.0. The highest BCUT2D eigenvalue weighted by Gasteiger charge is 2.37. The summed E-state index contributed by atoms with van der Waals surface area (Å²) in [4.78, 5) is 26.4. The molecule has 0 radical (unpaired) electrons. The molecule has 3 aromatic rings. The molecule has 0 atom stereocenters. The lowest BCUT2D eigenvalue weighted by molar-refractivity contribution is 0.0926. The summed E-state index contributed by atoms with van der Waals surface area (Å²) in [6, 6.07) is 19.9. The third kappa shape index (κ3) is 2.58. The van der Waals surface area contributed by atoms with E-state index >= 15 is 0 Å². The van der Waals surface area contributed by atoms with E-state index in [1.54, 1.807) is 30.3 Å². The number of para-hydroxylation sites is 1. The van der Waals surface area contributed by atoms with Gasteiger partial charge < -0.3 is 0 Å². The molecule has 144 valence electrons. The van der Waals surface area contributed by atoms with Crippen LogP contribution in [0, 0.1) is 0 Å². The highest BCUT2D eigenvalue weighted by atomic mass is 32.2. The number of carbonyl (C=O) groups is 2. The van der Waals surface area contributed by atoms with E-state index < -0.39 is 21.8 Å². The first-order valence-electron chi connectivity index (χ1n) is 9.17. The fourth-order valence-electron chi connectivity index (χ4n) is 3.88. The number of rotatable bonds is 3. The number of benzene rings is 3. The largest absolute Gasteiger partial charge is 0.268 e. The van der Waals surface area contributed by atoms with Crippen molar-refractivity contribution in [3.8, 4) is 0 Å². The van der Waals surface area contributed by atoms with E-state index in [2.05, 4.69) is 0 Å². The van der Waals surface area contributed by atoms with Crippen LogP contribution >= 0.6 is 0 Å². The Labute approximate surface area is 168 Å². The zero-order valence-electron chi connectivity index (χ0n) is 15.3. The average Bonchev–Trinajstić information content (AvgIpc) is 3.29. The first-order valence-corrected chi connectivity index (χ1v) is 10.6. The molecule has 7 heteroatoms. The maximum Gasteiger partial charge on any atom is 0.266 e. The van der Waals surface area contributed by atoms with Gasteiger partial charge in [-0.15, -0.1) is 0 Å². The predicted molar refractivity (Wildman–Crippen MR) is 109 cm³/mol. The van der Waals surface area contributed by atoms with Crippen LogP contribution in [0.4, 0.5) is 11.4 Å². The second-order valence-corrected chi connectivity index (χ2v) is 8.80. The Morgan fingerprint density at radius 2 is 1.31 bits per heavy atom. The highest BCUT2D eigenvalue weighted by molar-refractivity contribution is 7.92. The quantitative estimate of drug-likeness (QED) is 0.628. The van der Waals surface area contributed by atoms with Gasteiger partial charge in [0.1, 0.15) is 0 Å². The molecule has 0 saturated heterocycles. The molecule has 0 unspecified atom stereocenters. The number of fused-ring (bicyclic) bond motifs is 2. The standard InChI is InChI=1S/C22H16N2O4S/c25-21-18-6-2-3-7-19(18)22(26)24(21)16-9-11-17(12-10-16)29(27,28)23-14-13-15-5-1-4-8-20(15)23/h1-12H,13-14H2. The predicted octanol–water partition coefficient (Wildman–Crippen LogP) is 3.24. The number of anilines is 2. The number of hydrogen-bond acceptors (Lipinski definition) is 4. The lowest BCUT2D eigenvalue weighted by Gasteiger charge is -2.20. The van der Waals surface area contributed by atoms with Gasteiger partial charge in [0, 0.05) is 6.54 Å². The lowest BCUT2D eigenvalue weighted by atomic mass is 10.1. The van der Waals surface area contributed by atoms with E-state index in [4.69, 9.17) is 0 Å². The van der Waals surface area contributed by atoms with Gasteiger partial charge in [-0.1, -0.05) is 30.3 Å². The van der Waals surface area contributed by atoms with E-state index in [0.717, 1.165) is 10.5 Å². The molecule has 29 heavy (non-hydrogen) atoms. The van der Waals surface area contributed by atoms with Crippen molar-refractivity contribution in [2.45, 2.75) is 11.3 Å². The summed E-state index contributed by atoms with van der Waals surface area (Å²) < 4.78 is 27.6. The number of hydrogen-bond donors (Lipinski definition) is 0. The number of amides is 2. The van der Waals surface area contributed by atoms with Gasteiger partial charge in [0.25, 0.3) is 21.8 Å². The SMILES string of the molecule is O=C1c2ccccc2C(=O)N1c1ccc(S(=O)(=O)N2CCc3ccccc32)cc1. The Bertz CT molecular complexity index is 1230. The molecule has 2 aliphatic rings. The smallest absolute Gasteiger partial charge is 0.266 e. The topological polar surface area (TPSA) is 74.8 Å². The summed E-state index contributed by atoms with van der Waals surface area (Å²) in [7, 11) is -3.73. The van der Waals surface area contributed by atoms with Gasteiger partial charge in [0.05, 0.1) is 27.4 Å². The number of carbonyl (C=O) groups excluding carboxylic acids is 2. The minimum absolute atomic E-state index is 0.120. The normalized spacial score (nSPS) is 15.6. The maximum atomic E-state index is 13.1. The molecule has 0 fully saturated rings. The molecule has 0 bridgehead atoms. The van der Waals surface area contributed by atoms with Crippen LogP contribution in [0.25, 0.3) is 0 Å². The van der Waals surface area contributed by atoms with Crippen LogP contribution in [0.3, 0.4) is 0 Å². The van der Waals surface area contributed by atoms with Gasteiger partial charge in [-0.3, -0.25) is 13.9 Å². The van der Waals surface area contributed by atoms with Crippen LogP contribution in [-0.4, -0.2) is 26.8 Å². The van der Waals surface area contributed by atoms with Crippen molar-refractivity contribution in [3.63, 3.8) is 0 Å². The van der Waals surface area contributed by atoms with Gasteiger partial charge in [-0.2, -0.15) is 0 Å². The van der Waals surface area contributed by atoms with Crippen molar-refractivity contribution in [1.82, 2.24) is 0 Å². The van der Waals surface area contributed by atoms with E-state index in [9.17, 15) is 18.0 Å². The number of sulfonamides is 1. The highest BCUT2D eigenvalue weighted by Crippen LogP contribution is 2.34. The monoisotopic (exact) mass is 404 g/mol. The molecule has 0 spiro atoms. The Morgan fingerprint density at radius 3 is 1.97 bits per heavy atom. The molecule has 6 nitrogen and oxygen atoms in total. The molecule has 0 aromatic heterocycles. The number of nitrogens with zero attached hydrogens (tertiary/aromatic N) is 2. The molecule has 0 saturated carbocycles. The fraction of sp³-hybridized carbons (Fsp3) is 0.0909. The van der Waals surface area contributed by atoms with Crippen LogP contribution in [0.5, 0.6) is 0 Å². The average molecular weight is 404 g/mol. The van der Waals surface area contributed by atoms with E-state index in [1.807, 2.05) is 18.2 Å². The van der Waals surface area contributed by atoms with Crippen molar-refractivity contribution in [1.29, 1.82) is 0 Å². The van der Waals surface area contributed by atoms with E-state index in [1.165, 1.54) is 28.6 Å². The molecule has 2 aliphatic heterocycles. The second-order valence-electron chi connectivity index (χ2n) is 6.94. The van der Waals surface area contributed by atoms with Gasteiger partial charge in [0.15, 0.2) is 0 Å². The molecule has 0 N–H and O–H groups in total. The zero-order valence-corrected chi connectivity index (χ0v) is 16.1. The van der Waals surface area contributed by atoms with E-state index in [0.29, 0.717) is 35.5 Å². The molecular formula is C22H16N2O4S. The minimum Gasteiger partial charge on any atom is -0.268 e. The molecule has 3 aromatic carbocycles. The van der Waals surface area contributed by atoms with Crippen LogP contribution in [0.15, 0.2) is 77.7 Å². The van der Waals surface area contributed by atoms with Crippen LogP contribution < -0.4 is 9.21 Å². The molecule has 2 heterocycles. The van der Waals surface area contributed by atoms with Crippen LogP contribution in [0.2, 0.25) is 0 Å².